The molecular weight excluding hydrogens is 256 g/mol. The van der Waals surface area contributed by atoms with Crippen LogP contribution >= 0.6 is 0 Å². The minimum Gasteiger partial charge on any atom is -0.497 e. The molecule has 0 bridgehead atoms. The zero-order valence-electron chi connectivity index (χ0n) is 11.6. The Morgan fingerprint density at radius 1 is 1.20 bits per heavy atom. The summed E-state index contributed by atoms with van der Waals surface area (Å²) in [4.78, 5) is 20.5. The molecule has 0 atom stereocenters. The molecule has 0 aliphatic heterocycles. The summed E-state index contributed by atoms with van der Waals surface area (Å²) < 4.78 is 5.08. The predicted octanol–water partition coefficient (Wildman–Crippen LogP) is 1.94. The van der Waals surface area contributed by atoms with Gasteiger partial charge in [-0.25, -0.2) is 9.97 Å². The van der Waals surface area contributed by atoms with Crippen LogP contribution in [0.2, 0.25) is 0 Å². The number of amides is 1. The number of carbonyl (C=O) groups is 1. The lowest BCUT2D eigenvalue weighted by molar-refractivity contribution is 0.102. The number of nitrogens with one attached hydrogen (secondary N) is 1. The van der Waals surface area contributed by atoms with Gasteiger partial charge >= 0.3 is 0 Å². The second kappa shape index (κ2) is 5.56. The van der Waals surface area contributed by atoms with Crippen molar-refractivity contribution in [2.45, 2.75) is 13.8 Å². The van der Waals surface area contributed by atoms with Gasteiger partial charge in [0.2, 0.25) is 5.95 Å². The maximum atomic E-state index is 12.2. The van der Waals surface area contributed by atoms with E-state index in [9.17, 15) is 4.79 Å². The number of benzene rings is 1. The molecule has 1 amide bonds. The van der Waals surface area contributed by atoms with Gasteiger partial charge in [0, 0.05) is 17.1 Å². The smallest absolute Gasteiger partial charge is 0.260 e. The number of nitrogens with zero attached hydrogens (tertiary/aromatic N) is 2. The van der Waals surface area contributed by atoms with Gasteiger partial charge in [-0.15, -0.1) is 0 Å². The van der Waals surface area contributed by atoms with Crippen molar-refractivity contribution in [1.29, 1.82) is 0 Å². The second-order valence-electron chi connectivity index (χ2n) is 4.38. The van der Waals surface area contributed by atoms with Crippen molar-refractivity contribution in [2.75, 3.05) is 18.2 Å². The number of nitrogens with two attached hydrogens (primary N) is 1. The second-order valence-corrected chi connectivity index (χ2v) is 4.38. The van der Waals surface area contributed by atoms with Crippen LogP contribution in [0.4, 0.5) is 11.6 Å². The molecule has 6 heteroatoms. The van der Waals surface area contributed by atoms with Crippen molar-refractivity contribution in [3.63, 3.8) is 0 Å². The molecule has 6 nitrogen and oxygen atoms in total. The van der Waals surface area contributed by atoms with E-state index < -0.39 is 0 Å². The van der Waals surface area contributed by atoms with E-state index in [-0.39, 0.29) is 11.9 Å². The molecule has 2 aromatic rings. The van der Waals surface area contributed by atoms with Gasteiger partial charge in [-0.05, 0) is 38.1 Å². The normalized spacial score (nSPS) is 10.2. The number of hydrogen-bond acceptors (Lipinski definition) is 5. The Morgan fingerprint density at radius 2 is 1.85 bits per heavy atom. The molecule has 0 aliphatic rings. The van der Waals surface area contributed by atoms with Gasteiger partial charge in [0.1, 0.15) is 5.75 Å². The highest BCUT2D eigenvalue weighted by Gasteiger charge is 2.13. The number of anilines is 2. The van der Waals surface area contributed by atoms with E-state index in [1.54, 1.807) is 18.2 Å². The number of aryl methyl sites for hydroxylation is 2. The van der Waals surface area contributed by atoms with Gasteiger partial charge in [0.05, 0.1) is 12.7 Å². The molecule has 1 aromatic carbocycles. The zero-order valence-corrected chi connectivity index (χ0v) is 11.6. The molecule has 0 unspecified atom stereocenters. The number of aromatic nitrogens is 2. The Hall–Kier alpha value is -2.63. The first-order valence-corrected chi connectivity index (χ1v) is 6.06. The van der Waals surface area contributed by atoms with E-state index in [2.05, 4.69) is 15.3 Å². The molecule has 104 valence electrons. The summed E-state index contributed by atoms with van der Waals surface area (Å²) in [7, 11) is 1.53. The third-order valence-electron chi connectivity index (χ3n) is 2.71. The summed E-state index contributed by atoms with van der Waals surface area (Å²) in [6.45, 7) is 3.68. The summed E-state index contributed by atoms with van der Waals surface area (Å²) in [5.41, 5.74) is 8.06. The molecule has 20 heavy (non-hydrogen) atoms. The van der Waals surface area contributed by atoms with E-state index >= 15 is 0 Å². The summed E-state index contributed by atoms with van der Waals surface area (Å²) in [5.74, 6) is 0.451. The van der Waals surface area contributed by atoms with E-state index in [1.807, 2.05) is 19.9 Å². The molecule has 0 saturated carbocycles. The van der Waals surface area contributed by atoms with Crippen LogP contribution in [0.5, 0.6) is 5.75 Å². The fourth-order valence-electron chi connectivity index (χ4n) is 1.81. The molecule has 0 saturated heterocycles. The quantitative estimate of drug-likeness (QED) is 0.833. The SMILES string of the molecule is COc1ccc(N)c(C(=O)Nc2nc(C)cc(C)n2)c1. The number of methoxy groups -OCH3 is 1. The molecule has 0 spiro atoms. The molecule has 2 rings (SSSR count). The maximum Gasteiger partial charge on any atom is 0.260 e. The first-order valence-electron chi connectivity index (χ1n) is 6.06. The van der Waals surface area contributed by atoms with Crippen LogP contribution < -0.4 is 15.8 Å². The molecule has 1 aromatic heterocycles. The average Bonchev–Trinajstić information content (AvgIpc) is 2.37. The van der Waals surface area contributed by atoms with E-state index in [4.69, 9.17) is 10.5 Å². The van der Waals surface area contributed by atoms with Crippen LogP contribution in [0.25, 0.3) is 0 Å². The first-order chi connectivity index (χ1) is 9.49. The molecule has 0 radical (unpaired) electrons. The minimum atomic E-state index is -0.369. The highest BCUT2D eigenvalue weighted by molar-refractivity contribution is 6.07. The Kier molecular flexibility index (Phi) is 3.84. The largest absolute Gasteiger partial charge is 0.497 e. The molecule has 3 N–H and O–H groups in total. The Morgan fingerprint density at radius 3 is 2.45 bits per heavy atom. The topological polar surface area (TPSA) is 90.1 Å². The van der Waals surface area contributed by atoms with Crippen molar-refractivity contribution in [1.82, 2.24) is 9.97 Å². The van der Waals surface area contributed by atoms with Gasteiger partial charge in [0.15, 0.2) is 0 Å². The van der Waals surface area contributed by atoms with Gasteiger partial charge < -0.3 is 10.5 Å². The van der Waals surface area contributed by atoms with Gasteiger partial charge in [-0.3, -0.25) is 10.1 Å². The summed E-state index contributed by atoms with van der Waals surface area (Å²) in [6.07, 6.45) is 0. The Bertz CT molecular complexity index is 635. The lowest BCUT2D eigenvalue weighted by Crippen LogP contribution is -2.16. The monoisotopic (exact) mass is 272 g/mol. The van der Waals surface area contributed by atoms with Crippen molar-refractivity contribution in [3.8, 4) is 5.75 Å². The van der Waals surface area contributed by atoms with Crippen LogP contribution in [0, 0.1) is 13.8 Å². The number of nitrogen functional groups attached to an aromatic ring is 1. The third-order valence-corrected chi connectivity index (χ3v) is 2.71. The highest BCUT2D eigenvalue weighted by Crippen LogP contribution is 2.20. The van der Waals surface area contributed by atoms with Gasteiger partial charge in [0.25, 0.3) is 5.91 Å². The van der Waals surface area contributed by atoms with Gasteiger partial charge in [-0.1, -0.05) is 0 Å². The lowest BCUT2D eigenvalue weighted by atomic mass is 10.1. The fourth-order valence-corrected chi connectivity index (χ4v) is 1.81. The number of ether oxygens (including phenoxy) is 1. The van der Waals surface area contributed by atoms with Crippen LogP contribution in [-0.4, -0.2) is 23.0 Å². The van der Waals surface area contributed by atoms with E-state index in [1.165, 1.54) is 7.11 Å². The minimum absolute atomic E-state index is 0.259. The molecular formula is C14H16N4O2. The summed E-state index contributed by atoms with van der Waals surface area (Å²) in [5, 5.41) is 2.64. The zero-order chi connectivity index (χ0) is 14.7. The van der Waals surface area contributed by atoms with E-state index in [0.717, 1.165) is 11.4 Å². The van der Waals surface area contributed by atoms with Crippen molar-refractivity contribution < 1.29 is 9.53 Å². The summed E-state index contributed by atoms with van der Waals surface area (Å²) in [6, 6.07) is 6.72. The van der Waals surface area contributed by atoms with Gasteiger partial charge in [-0.2, -0.15) is 0 Å². The number of hydrogen-bond donors (Lipinski definition) is 2. The first kappa shape index (κ1) is 13.8. The van der Waals surface area contributed by atoms with Crippen LogP contribution in [0.15, 0.2) is 24.3 Å². The van der Waals surface area contributed by atoms with Crippen LogP contribution in [0.1, 0.15) is 21.7 Å². The van der Waals surface area contributed by atoms with Crippen molar-refractivity contribution >= 4 is 17.5 Å². The highest BCUT2D eigenvalue weighted by atomic mass is 16.5. The van der Waals surface area contributed by atoms with Crippen molar-refractivity contribution in [2.24, 2.45) is 0 Å². The predicted molar refractivity (Wildman–Crippen MR) is 76.9 cm³/mol. The van der Waals surface area contributed by atoms with E-state index in [0.29, 0.717) is 17.0 Å². The maximum absolute atomic E-state index is 12.2. The number of carbonyl (C=O) groups excluding carboxylic acids is 1. The van der Waals surface area contributed by atoms with Crippen LogP contribution in [-0.2, 0) is 0 Å². The number of rotatable bonds is 3. The fraction of sp³-hybridized carbons (Fsp3) is 0.214. The lowest BCUT2D eigenvalue weighted by Gasteiger charge is -2.09. The average molecular weight is 272 g/mol. The molecule has 0 fully saturated rings. The third kappa shape index (κ3) is 3.03. The van der Waals surface area contributed by atoms with Crippen LogP contribution in [0.3, 0.4) is 0 Å². The van der Waals surface area contributed by atoms with Crippen molar-refractivity contribution in [3.05, 3.63) is 41.2 Å². The Balaban J connectivity index is 2.27. The Labute approximate surface area is 117 Å². The molecule has 1 heterocycles. The molecule has 0 aliphatic carbocycles. The standard InChI is InChI=1S/C14H16N4O2/c1-8-6-9(2)17-14(16-8)18-13(19)11-7-10(20-3)4-5-12(11)15/h4-7H,15H2,1-3H3,(H,16,17,18,19). The summed E-state index contributed by atoms with van der Waals surface area (Å²) >= 11 is 0.